The number of nitrogens with zero attached hydrogens (tertiary/aromatic N) is 2. The second-order valence-corrected chi connectivity index (χ2v) is 14.6. The molecule has 4 amide bonds. The summed E-state index contributed by atoms with van der Waals surface area (Å²) in [7, 11) is 1.48. The van der Waals surface area contributed by atoms with Crippen molar-refractivity contribution in [3.8, 4) is 5.75 Å². The summed E-state index contributed by atoms with van der Waals surface area (Å²) in [6.07, 6.45) is -0.987. The SMILES string of the molecule is COCC(O)COC12c3ccccc3C(c3ccccc31)C1C(=O)N(CN3C(=O)C4C5c6ccccc6C(c6cc(O)ccc65)C4C3=O)C(=O)C12. The number of phenols is 1. The van der Waals surface area contributed by atoms with E-state index in [0.717, 1.165) is 54.3 Å². The lowest BCUT2D eigenvalue weighted by Gasteiger charge is -2.53. The molecule has 2 saturated heterocycles. The van der Waals surface area contributed by atoms with E-state index in [4.69, 9.17) is 9.47 Å². The molecular formula is C41H34N2O8. The number of carbonyl (C=O) groups is 4. The minimum absolute atomic E-state index is 0.0198. The molecule has 12 rings (SSSR count). The van der Waals surface area contributed by atoms with Gasteiger partial charge in [0.15, 0.2) is 0 Å². The molecule has 0 saturated carbocycles. The molecule has 51 heavy (non-hydrogen) atoms. The number of hydrogen-bond acceptors (Lipinski definition) is 8. The van der Waals surface area contributed by atoms with Gasteiger partial charge in [-0.3, -0.25) is 29.0 Å². The van der Waals surface area contributed by atoms with Crippen LogP contribution in [0.1, 0.15) is 62.3 Å². The van der Waals surface area contributed by atoms with Gasteiger partial charge in [-0.25, -0.2) is 0 Å². The smallest absolute Gasteiger partial charge is 0.238 e. The summed E-state index contributed by atoms with van der Waals surface area (Å²) in [5.41, 5.74) is 5.52. The van der Waals surface area contributed by atoms with Gasteiger partial charge in [0.25, 0.3) is 0 Å². The van der Waals surface area contributed by atoms with Gasteiger partial charge in [0.05, 0.1) is 36.9 Å². The van der Waals surface area contributed by atoms with E-state index in [2.05, 4.69) is 0 Å². The third-order valence-electron chi connectivity index (χ3n) is 12.4. The minimum atomic E-state index is -1.40. The van der Waals surface area contributed by atoms with E-state index in [1.54, 1.807) is 12.1 Å². The maximum absolute atomic E-state index is 14.8. The van der Waals surface area contributed by atoms with Crippen LogP contribution in [0.4, 0.5) is 0 Å². The summed E-state index contributed by atoms with van der Waals surface area (Å²) in [5.74, 6) is -6.31. The molecule has 6 aliphatic carbocycles. The van der Waals surface area contributed by atoms with Crippen molar-refractivity contribution in [2.45, 2.75) is 29.5 Å². The van der Waals surface area contributed by atoms with Gasteiger partial charge in [0.2, 0.25) is 23.6 Å². The van der Waals surface area contributed by atoms with Gasteiger partial charge >= 0.3 is 0 Å². The van der Waals surface area contributed by atoms with Crippen molar-refractivity contribution >= 4 is 23.6 Å². The van der Waals surface area contributed by atoms with Gasteiger partial charge in [-0.15, -0.1) is 0 Å². The van der Waals surface area contributed by atoms with Crippen LogP contribution in [0.15, 0.2) is 91.0 Å². The Balaban J connectivity index is 1.05. The fourth-order valence-corrected chi connectivity index (χ4v) is 10.7. The number of amides is 4. The molecule has 4 aromatic carbocycles. The average Bonchev–Trinajstić information content (AvgIpc) is 3.55. The molecule has 0 aromatic heterocycles. The first-order chi connectivity index (χ1) is 24.8. The van der Waals surface area contributed by atoms with Gasteiger partial charge in [-0.1, -0.05) is 78.9 Å². The molecule has 4 bridgehead atoms. The monoisotopic (exact) mass is 682 g/mol. The fraction of sp³-hybridized carbons (Fsp3) is 0.317. The third-order valence-corrected chi connectivity index (χ3v) is 12.4. The quantitative estimate of drug-likeness (QED) is 0.283. The van der Waals surface area contributed by atoms with Crippen molar-refractivity contribution in [3.63, 3.8) is 0 Å². The number of aliphatic hydroxyl groups excluding tert-OH is 1. The molecule has 2 fully saturated rings. The van der Waals surface area contributed by atoms with Gasteiger partial charge in [-0.05, 0) is 56.6 Å². The lowest BCUT2D eigenvalue weighted by atomic mass is 9.52. The first-order valence-corrected chi connectivity index (χ1v) is 17.4. The highest BCUT2D eigenvalue weighted by atomic mass is 16.5. The second kappa shape index (κ2) is 10.7. The summed E-state index contributed by atoms with van der Waals surface area (Å²) in [6, 6.07) is 28.2. The molecular weight excluding hydrogens is 648 g/mol. The molecule has 0 spiro atoms. The number of imide groups is 2. The minimum Gasteiger partial charge on any atom is -0.508 e. The van der Waals surface area contributed by atoms with Gasteiger partial charge in [0, 0.05) is 24.9 Å². The lowest BCUT2D eigenvalue weighted by molar-refractivity contribution is -0.155. The average molecular weight is 683 g/mol. The van der Waals surface area contributed by atoms with Crippen molar-refractivity contribution in [1.29, 1.82) is 0 Å². The van der Waals surface area contributed by atoms with Crippen LogP contribution in [-0.4, -0.2) is 76.7 Å². The van der Waals surface area contributed by atoms with Crippen molar-refractivity contribution < 1.29 is 38.9 Å². The molecule has 256 valence electrons. The standard InChI is InChI=1S/C41H34N2O8/c1-50-17-21(45)18-51-41-28-12-6-4-10-25(28)32(26-11-5-7-13-29(26)41)35-36(41)40(49)43(39(35)48)19-42-37(46)33-30-22-8-2-3-9-23(22)31(34(33)38(42)47)27-16-20(44)14-15-24(27)30/h2-16,21,30-36,44-45H,17-19H2,1H3. The molecule has 10 heteroatoms. The Labute approximate surface area is 293 Å². The van der Waals surface area contributed by atoms with Crippen LogP contribution in [0.5, 0.6) is 5.75 Å². The number of aromatic hydroxyl groups is 1. The molecule has 7 unspecified atom stereocenters. The number of methoxy groups -OCH3 is 1. The van der Waals surface area contributed by atoms with Crippen molar-refractivity contribution in [2.24, 2.45) is 23.7 Å². The summed E-state index contributed by atoms with van der Waals surface area (Å²) in [6.45, 7) is -0.627. The maximum Gasteiger partial charge on any atom is 0.238 e. The number of ether oxygens (including phenoxy) is 2. The highest BCUT2D eigenvalue weighted by Crippen LogP contribution is 2.65. The fourth-order valence-electron chi connectivity index (χ4n) is 10.7. The Morgan fingerprint density at radius 1 is 0.627 bits per heavy atom. The zero-order valence-corrected chi connectivity index (χ0v) is 27.6. The van der Waals surface area contributed by atoms with Crippen molar-refractivity contribution in [1.82, 2.24) is 9.80 Å². The van der Waals surface area contributed by atoms with E-state index in [0.29, 0.717) is 0 Å². The van der Waals surface area contributed by atoms with Gasteiger partial charge in [0.1, 0.15) is 24.1 Å². The van der Waals surface area contributed by atoms with Crippen LogP contribution < -0.4 is 0 Å². The summed E-state index contributed by atoms with van der Waals surface area (Å²) >= 11 is 0. The second-order valence-electron chi connectivity index (χ2n) is 14.6. The Morgan fingerprint density at radius 3 is 1.73 bits per heavy atom. The largest absolute Gasteiger partial charge is 0.508 e. The summed E-state index contributed by atoms with van der Waals surface area (Å²) in [5, 5.41) is 21.2. The zero-order valence-electron chi connectivity index (χ0n) is 27.6. The van der Waals surface area contributed by atoms with Crippen LogP contribution in [0.2, 0.25) is 0 Å². The molecule has 2 aliphatic heterocycles. The number of benzene rings is 4. The Kier molecular flexibility index (Phi) is 6.42. The molecule has 2 N–H and O–H groups in total. The van der Waals surface area contributed by atoms with Crippen LogP contribution in [0.3, 0.4) is 0 Å². The Hall–Kier alpha value is -5.16. The first-order valence-electron chi connectivity index (χ1n) is 17.4. The van der Waals surface area contributed by atoms with E-state index in [9.17, 15) is 29.4 Å². The van der Waals surface area contributed by atoms with E-state index in [-0.39, 0.29) is 19.0 Å². The lowest BCUT2D eigenvalue weighted by Crippen LogP contribution is -2.55. The molecule has 10 nitrogen and oxygen atoms in total. The van der Waals surface area contributed by atoms with Crippen LogP contribution >= 0.6 is 0 Å². The van der Waals surface area contributed by atoms with E-state index >= 15 is 0 Å². The highest BCUT2D eigenvalue weighted by Gasteiger charge is 2.70. The van der Waals surface area contributed by atoms with Crippen LogP contribution in [0.25, 0.3) is 0 Å². The Bertz CT molecular complexity index is 2170. The number of hydrogen-bond donors (Lipinski definition) is 2. The molecule has 4 aromatic rings. The van der Waals surface area contributed by atoms with Gasteiger partial charge in [-0.2, -0.15) is 0 Å². The van der Waals surface area contributed by atoms with E-state index < -0.39 is 83.4 Å². The predicted octanol–water partition coefficient (Wildman–Crippen LogP) is 3.57. The summed E-state index contributed by atoms with van der Waals surface area (Å²) in [4.78, 5) is 60.7. The predicted molar refractivity (Wildman–Crippen MR) is 180 cm³/mol. The molecule has 0 radical (unpaired) electrons. The maximum atomic E-state index is 14.8. The molecule has 2 heterocycles. The van der Waals surface area contributed by atoms with E-state index in [1.807, 2.05) is 78.9 Å². The third kappa shape index (κ3) is 3.77. The number of carbonyl (C=O) groups excluding carboxylic acids is 4. The topological polar surface area (TPSA) is 134 Å². The Morgan fingerprint density at radius 2 is 1.12 bits per heavy atom. The number of likely N-dealkylation sites (tertiary alicyclic amines) is 2. The molecule has 7 atom stereocenters. The molecule has 8 aliphatic rings. The van der Waals surface area contributed by atoms with Gasteiger partial charge < -0.3 is 19.7 Å². The number of aliphatic hydroxyl groups is 1. The number of phenolic OH excluding ortho intramolecular Hbond substituents is 1. The highest BCUT2D eigenvalue weighted by molar-refractivity contribution is 6.11. The zero-order chi connectivity index (χ0) is 34.9. The number of rotatable bonds is 7. The first kappa shape index (κ1) is 30.6. The van der Waals surface area contributed by atoms with Crippen molar-refractivity contribution in [2.75, 3.05) is 27.0 Å². The van der Waals surface area contributed by atoms with Crippen LogP contribution in [-0.2, 0) is 34.3 Å². The van der Waals surface area contributed by atoms with Crippen molar-refractivity contribution in [3.05, 3.63) is 136 Å². The normalized spacial score (nSPS) is 30.9. The van der Waals surface area contributed by atoms with E-state index in [1.165, 1.54) is 7.11 Å². The summed E-state index contributed by atoms with van der Waals surface area (Å²) < 4.78 is 11.9. The van der Waals surface area contributed by atoms with Crippen LogP contribution in [0, 0.1) is 23.7 Å².